The molecule has 39 heavy (non-hydrogen) atoms. The fourth-order valence-corrected chi connectivity index (χ4v) is 4.40. The molecule has 5 aromatic carbocycles. The molecule has 0 radical (unpaired) electrons. The molecule has 0 saturated carbocycles. The van der Waals surface area contributed by atoms with Gasteiger partial charge in [-0.3, -0.25) is 0 Å². The van der Waals surface area contributed by atoms with Crippen molar-refractivity contribution in [3.8, 4) is 46.5 Å². The van der Waals surface area contributed by atoms with Gasteiger partial charge >= 0.3 is 0 Å². The number of benzene rings is 5. The fourth-order valence-electron chi connectivity index (χ4n) is 4.40. The first-order chi connectivity index (χ1) is 19.1. The second kappa shape index (κ2) is 10.9. The van der Waals surface area contributed by atoms with E-state index in [1.807, 2.05) is 77.7 Å². The highest BCUT2D eigenvalue weighted by Gasteiger charge is 2.15. The average Bonchev–Trinajstić information content (AvgIpc) is 3.02. The van der Waals surface area contributed by atoms with Crippen LogP contribution in [0.15, 0.2) is 115 Å². The van der Waals surface area contributed by atoms with Crippen LogP contribution in [0, 0.1) is 45.3 Å². The van der Waals surface area contributed by atoms with Gasteiger partial charge in [0.1, 0.15) is 0 Å². The third kappa shape index (κ3) is 5.21. The van der Waals surface area contributed by atoms with Crippen molar-refractivity contribution >= 4 is 17.1 Å². The monoisotopic (exact) mass is 497 g/mol. The Morgan fingerprint density at radius 1 is 0.333 bits per heavy atom. The van der Waals surface area contributed by atoms with Crippen molar-refractivity contribution in [3.63, 3.8) is 0 Å². The Labute approximate surface area is 226 Å². The van der Waals surface area contributed by atoms with Crippen LogP contribution in [-0.2, 0) is 0 Å². The lowest BCUT2D eigenvalue weighted by Crippen LogP contribution is -2.10. The van der Waals surface area contributed by atoms with Gasteiger partial charge < -0.3 is 4.90 Å². The normalized spacial score (nSPS) is 9.95. The minimum Gasteiger partial charge on any atom is -0.310 e. The standard InChI is InChI=1S/C34H19N5/c35-20-24-1-5-28(6-2-24)30-9-13-32(14-10-30)39(34-18-26(22-37)17-27(19-34)23-38)33-15-11-31(12-16-33)29-7-3-25(21-36)4-8-29/h1-19H. The van der Waals surface area contributed by atoms with Crippen LogP contribution in [0.1, 0.15) is 22.3 Å². The van der Waals surface area contributed by atoms with Gasteiger partial charge in [0.15, 0.2) is 0 Å². The third-order valence-corrected chi connectivity index (χ3v) is 6.38. The molecule has 0 spiro atoms. The van der Waals surface area contributed by atoms with Crippen LogP contribution >= 0.6 is 0 Å². The molecular weight excluding hydrogens is 478 g/mol. The van der Waals surface area contributed by atoms with Crippen molar-refractivity contribution in [2.75, 3.05) is 4.90 Å². The van der Waals surface area contributed by atoms with Crippen LogP contribution < -0.4 is 4.90 Å². The molecule has 0 aromatic heterocycles. The molecule has 0 fully saturated rings. The number of nitriles is 4. The van der Waals surface area contributed by atoms with E-state index in [-0.39, 0.29) is 0 Å². The fraction of sp³-hybridized carbons (Fsp3) is 0. The van der Waals surface area contributed by atoms with Crippen molar-refractivity contribution in [1.82, 2.24) is 0 Å². The Morgan fingerprint density at radius 3 is 0.949 bits per heavy atom. The highest BCUT2D eigenvalue weighted by molar-refractivity contribution is 5.81. The number of anilines is 3. The van der Waals surface area contributed by atoms with Gasteiger partial charge in [-0.05, 0) is 89.0 Å². The molecule has 0 amide bonds. The molecular formula is C34H19N5. The van der Waals surface area contributed by atoms with Crippen molar-refractivity contribution in [2.45, 2.75) is 0 Å². The van der Waals surface area contributed by atoms with E-state index in [2.05, 4.69) is 24.3 Å². The molecule has 5 heteroatoms. The smallest absolute Gasteiger partial charge is 0.0992 e. The molecule has 180 valence electrons. The highest BCUT2D eigenvalue weighted by Crippen LogP contribution is 2.37. The average molecular weight is 498 g/mol. The third-order valence-electron chi connectivity index (χ3n) is 6.38. The lowest BCUT2D eigenvalue weighted by atomic mass is 10.0. The Morgan fingerprint density at radius 2 is 0.641 bits per heavy atom. The second-order valence-corrected chi connectivity index (χ2v) is 8.80. The predicted octanol–water partition coefficient (Wildman–Crippen LogP) is 7.98. The van der Waals surface area contributed by atoms with Crippen LogP contribution in [0.2, 0.25) is 0 Å². The van der Waals surface area contributed by atoms with Gasteiger partial charge in [0.05, 0.1) is 46.5 Å². The van der Waals surface area contributed by atoms with Gasteiger partial charge in [0, 0.05) is 17.1 Å². The quantitative estimate of drug-likeness (QED) is 0.245. The Hall–Kier alpha value is -6.14. The predicted molar refractivity (Wildman–Crippen MR) is 151 cm³/mol. The highest BCUT2D eigenvalue weighted by atomic mass is 15.1. The first-order valence-electron chi connectivity index (χ1n) is 12.1. The molecule has 0 bridgehead atoms. The summed E-state index contributed by atoms with van der Waals surface area (Å²) in [7, 11) is 0. The summed E-state index contributed by atoms with van der Waals surface area (Å²) in [5, 5.41) is 37.3. The van der Waals surface area contributed by atoms with Gasteiger partial charge in [-0.2, -0.15) is 21.0 Å². The van der Waals surface area contributed by atoms with Crippen LogP contribution in [-0.4, -0.2) is 0 Å². The molecule has 0 aliphatic rings. The Balaban J connectivity index is 1.57. The van der Waals surface area contributed by atoms with Crippen LogP contribution in [0.4, 0.5) is 17.1 Å². The van der Waals surface area contributed by atoms with E-state index in [1.165, 1.54) is 0 Å². The second-order valence-electron chi connectivity index (χ2n) is 8.80. The topological polar surface area (TPSA) is 98.4 Å². The maximum absolute atomic E-state index is 9.59. The van der Waals surface area contributed by atoms with Crippen molar-refractivity contribution in [2.24, 2.45) is 0 Å². The molecule has 0 unspecified atom stereocenters. The maximum atomic E-state index is 9.59. The van der Waals surface area contributed by atoms with Gasteiger partial charge in [0.2, 0.25) is 0 Å². The van der Waals surface area contributed by atoms with Gasteiger partial charge in [-0.1, -0.05) is 48.5 Å². The number of nitrogens with zero attached hydrogens (tertiary/aromatic N) is 5. The lowest BCUT2D eigenvalue weighted by Gasteiger charge is -2.26. The molecule has 0 N–H and O–H groups in total. The van der Waals surface area contributed by atoms with Crippen LogP contribution in [0.3, 0.4) is 0 Å². The summed E-state index contributed by atoms with van der Waals surface area (Å²) in [6.45, 7) is 0. The number of hydrogen-bond donors (Lipinski definition) is 0. The van der Waals surface area contributed by atoms with E-state index in [1.54, 1.807) is 42.5 Å². The first-order valence-corrected chi connectivity index (χ1v) is 12.1. The Bertz CT molecular complexity index is 1670. The van der Waals surface area contributed by atoms with Crippen LogP contribution in [0.25, 0.3) is 22.3 Å². The van der Waals surface area contributed by atoms with Gasteiger partial charge in [0.25, 0.3) is 0 Å². The van der Waals surface area contributed by atoms with E-state index < -0.39 is 0 Å². The molecule has 5 nitrogen and oxygen atoms in total. The van der Waals surface area contributed by atoms with E-state index >= 15 is 0 Å². The van der Waals surface area contributed by atoms with Crippen molar-refractivity contribution < 1.29 is 0 Å². The number of rotatable bonds is 5. The van der Waals surface area contributed by atoms with E-state index in [9.17, 15) is 10.5 Å². The Kier molecular flexibility index (Phi) is 6.84. The molecule has 5 aromatic rings. The van der Waals surface area contributed by atoms with E-state index in [0.29, 0.717) is 27.9 Å². The molecule has 0 atom stereocenters. The molecule has 0 aliphatic carbocycles. The number of hydrogen-bond acceptors (Lipinski definition) is 5. The summed E-state index contributed by atoms with van der Waals surface area (Å²) in [5.74, 6) is 0. The minimum absolute atomic E-state index is 0.400. The molecule has 5 rings (SSSR count). The van der Waals surface area contributed by atoms with Gasteiger partial charge in [-0.15, -0.1) is 0 Å². The largest absolute Gasteiger partial charge is 0.310 e. The summed E-state index contributed by atoms with van der Waals surface area (Å²) in [4.78, 5) is 2.01. The zero-order chi connectivity index (χ0) is 27.2. The van der Waals surface area contributed by atoms with Crippen molar-refractivity contribution in [1.29, 1.82) is 21.0 Å². The van der Waals surface area contributed by atoms with Gasteiger partial charge in [-0.25, -0.2) is 0 Å². The zero-order valence-corrected chi connectivity index (χ0v) is 20.7. The maximum Gasteiger partial charge on any atom is 0.0992 e. The minimum atomic E-state index is 0.400. The summed E-state index contributed by atoms with van der Waals surface area (Å²) < 4.78 is 0. The lowest BCUT2D eigenvalue weighted by molar-refractivity contribution is 1.27. The van der Waals surface area contributed by atoms with E-state index in [0.717, 1.165) is 33.6 Å². The van der Waals surface area contributed by atoms with Crippen molar-refractivity contribution in [3.05, 3.63) is 138 Å². The summed E-state index contributed by atoms with van der Waals surface area (Å²) in [5.41, 5.74) is 8.43. The molecule has 0 saturated heterocycles. The summed E-state index contributed by atoms with van der Waals surface area (Å²) in [6.07, 6.45) is 0. The SMILES string of the molecule is N#Cc1ccc(-c2ccc(N(c3ccc(-c4ccc(C#N)cc4)cc3)c3cc(C#N)cc(C#N)c3)cc2)cc1. The van der Waals surface area contributed by atoms with E-state index in [4.69, 9.17) is 10.5 Å². The van der Waals surface area contributed by atoms with Crippen LogP contribution in [0.5, 0.6) is 0 Å². The molecule has 0 heterocycles. The summed E-state index contributed by atoms with van der Waals surface area (Å²) >= 11 is 0. The summed E-state index contributed by atoms with van der Waals surface area (Å²) in [6, 6.07) is 44.6. The molecule has 0 aliphatic heterocycles. The first kappa shape index (κ1) is 24.5. The zero-order valence-electron chi connectivity index (χ0n) is 20.7.